The van der Waals surface area contributed by atoms with Crippen LogP contribution in [-0.4, -0.2) is 48.2 Å². The van der Waals surface area contributed by atoms with E-state index in [1.807, 2.05) is 43.1 Å². The van der Waals surface area contributed by atoms with Crippen molar-refractivity contribution in [2.45, 2.75) is 19.4 Å². The van der Waals surface area contributed by atoms with E-state index in [0.717, 1.165) is 11.3 Å². The molecule has 1 aliphatic heterocycles. The van der Waals surface area contributed by atoms with Crippen LogP contribution in [-0.2, 0) is 9.84 Å². The molecule has 1 N–H and O–H groups in total. The fourth-order valence-corrected chi connectivity index (χ4v) is 4.39. The molecule has 7 nitrogen and oxygen atoms in total. The zero-order valence-corrected chi connectivity index (χ0v) is 13.9. The van der Waals surface area contributed by atoms with Crippen LogP contribution in [0.3, 0.4) is 0 Å². The van der Waals surface area contributed by atoms with Gasteiger partial charge in [-0.1, -0.05) is 18.2 Å². The van der Waals surface area contributed by atoms with Gasteiger partial charge in [-0.05, 0) is 25.0 Å². The lowest BCUT2D eigenvalue weighted by molar-refractivity contribution is 0.600. The number of hydrogen-bond acceptors (Lipinski definition) is 7. The van der Waals surface area contributed by atoms with E-state index in [9.17, 15) is 8.42 Å². The largest absolute Gasteiger partial charge is 0.354 e. The molecule has 0 aliphatic carbocycles. The van der Waals surface area contributed by atoms with Crippen LogP contribution in [0.1, 0.15) is 12.0 Å². The Bertz CT molecular complexity index is 809. The van der Waals surface area contributed by atoms with Crippen LogP contribution in [0.4, 0.5) is 17.5 Å². The maximum absolute atomic E-state index is 11.6. The summed E-state index contributed by atoms with van der Waals surface area (Å²) >= 11 is 0. The smallest absolute Gasteiger partial charge is 0.249 e. The van der Waals surface area contributed by atoms with Crippen LogP contribution in [0.5, 0.6) is 0 Å². The van der Waals surface area contributed by atoms with Crippen LogP contribution in [0.2, 0.25) is 0 Å². The minimum Gasteiger partial charge on any atom is -0.354 e. The summed E-state index contributed by atoms with van der Waals surface area (Å²) < 4.78 is 23.3. The van der Waals surface area contributed by atoms with Crippen molar-refractivity contribution < 1.29 is 8.42 Å². The van der Waals surface area contributed by atoms with Gasteiger partial charge >= 0.3 is 0 Å². The van der Waals surface area contributed by atoms with E-state index in [1.54, 1.807) is 6.20 Å². The van der Waals surface area contributed by atoms with Gasteiger partial charge in [0.05, 0.1) is 17.7 Å². The Balaban J connectivity index is 1.79. The van der Waals surface area contributed by atoms with Gasteiger partial charge in [0.2, 0.25) is 5.95 Å². The molecule has 1 saturated heterocycles. The SMILES string of the molecule is Cc1ccccc1Nc1nncc(N(C)C2CCS(=O)(=O)C2)n1. The first-order valence-corrected chi connectivity index (χ1v) is 9.22. The number of sulfone groups is 1. The highest BCUT2D eigenvalue weighted by Crippen LogP contribution is 2.22. The number of para-hydroxylation sites is 1. The molecular formula is C15H19N5O2S. The molecule has 1 aromatic heterocycles. The summed E-state index contributed by atoms with van der Waals surface area (Å²) in [6, 6.07) is 7.77. The lowest BCUT2D eigenvalue weighted by Crippen LogP contribution is -2.33. The minimum absolute atomic E-state index is 0.0667. The molecule has 3 rings (SSSR count). The quantitative estimate of drug-likeness (QED) is 0.908. The fraction of sp³-hybridized carbons (Fsp3) is 0.400. The number of aryl methyl sites for hydroxylation is 1. The minimum atomic E-state index is -2.93. The molecular weight excluding hydrogens is 314 g/mol. The Hall–Kier alpha value is -2.22. The third-order valence-corrected chi connectivity index (χ3v) is 5.81. The lowest BCUT2D eigenvalue weighted by atomic mass is 10.2. The van der Waals surface area contributed by atoms with E-state index >= 15 is 0 Å². The zero-order chi connectivity index (χ0) is 16.4. The Morgan fingerprint density at radius 2 is 2.09 bits per heavy atom. The standard InChI is InChI=1S/C15H19N5O2S/c1-11-5-3-4-6-13(11)17-15-18-14(9-16-19-15)20(2)12-7-8-23(21,22)10-12/h3-6,9,12H,7-8,10H2,1-2H3,(H,17,18,19). The van der Waals surface area contributed by atoms with Crippen molar-refractivity contribution in [2.24, 2.45) is 0 Å². The van der Waals surface area contributed by atoms with E-state index in [1.165, 1.54) is 0 Å². The van der Waals surface area contributed by atoms with Crippen molar-refractivity contribution in [3.05, 3.63) is 36.0 Å². The number of aromatic nitrogens is 3. The molecule has 0 bridgehead atoms. The number of nitrogens with zero attached hydrogens (tertiary/aromatic N) is 4. The molecule has 0 amide bonds. The van der Waals surface area contributed by atoms with Gasteiger partial charge in [-0.3, -0.25) is 0 Å². The molecule has 1 aromatic carbocycles. The second kappa shape index (κ2) is 6.11. The summed E-state index contributed by atoms with van der Waals surface area (Å²) in [5.74, 6) is 1.39. The molecule has 0 spiro atoms. The molecule has 0 radical (unpaired) electrons. The summed E-state index contributed by atoms with van der Waals surface area (Å²) in [6.07, 6.45) is 2.16. The molecule has 2 heterocycles. The summed E-state index contributed by atoms with van der Waals surface area (Å²) in [7, 11) is -1.09. The molecule has 1 aliphatic rings. The summed E-state index contributed by atoms with van der Waals surface area (Å²) in [6.45, 7) is 2.00. The Kier molecular flexibility index (Phi) is 4.16. The van der Waals surface area contributed by atoms with Crippen molar-refractivity contribution >= 4 is 27.3 Å². The third-order valence-electron chi connectivity index (χ3n) is 4.06. The second-order valence-electron chi connectivity index (χ2n) is 5.75. The van der Waals surface area contributed by atoms with Crippen molar-refractivity contribution in [3.8, 4) is 0 Å². The number of hydrogen-bond donors (Lipinski definition) is 1. The van der Waals surface area contributed by atoms with Crippen LogP contribution < -0.4 is 10.2 Å². The van der Waals surface area contributed by atoms with Gasteiger partial charge in [-0.15, -0.1) is 5.10 Å². The first-order chi connectivity index (χ1) is 10.9. The van der Waals surface area contributed by atoms with E-state index in [4.69, 9.17) is 0 Å². The maximum Gasteiger partial charge on any atom is 0.249 e. The summed E-state index contributed by atoms with van der Waals surface area (Å²) in [5, 5.41) is 11.1. The van der Waals surface area contributed by atoms with Crippen LogP contribution in [0.25, 0.3) is 0 Å². The van der Waals surface area contributed by atoms with Crippen LogP contribution >= 0.6 is 0 Å². The highest BCUT2D eigenvalue weighted by molar-refractivity contribution is 7.91. The predicted molar refractivity (Wildman–Crippen MR) is 89.8 cm³/mol. The molecule has 1 fully saturated rings. The van der Waals surface area contributed by atoms with Gasteiger partial charge in [0.1, 0.15) is 0 Å². The monoisotopic (exact) mass is 333 g/mol. The summed E-state index contributed by atoms with van der Waals surface area (Å²) in [4.78, 5) is 6.31. The number of benzene rings is 1. The third kappa shape index (κ3) is 3.58. The number of anilines is 3. The average molecular weight is 333 g/mol. The Morgan fingerprint density at radius 1 is 1.30 bits per heavy atom. The molecule has 23 heavy (non-hydrogen) atoms. The summed E-state index contributed by atoms with van der Waals surface area (Å²) in [5.41, 5.74) is 1.99. The van der Waals surface area contributed by atoms with E-state index < -0.39 is 9.84 Å². The molecule has 1 atom stereocenters. The normalized spacial score (nSPS) is 19.5. The number of rotatable bonds is 4. The highest BCUT2D eigenvalue weighted by atomic mass is 32.2. The van der Waals surface area contributed by atoms with Gasteiger partial charge in [0.25, 0.3) is 0 Å². The predicted octanol–water partition coefficient (Wildman–Crippen LogP) is 1.55. The van der Waals surface area contributed by atoms with E-state index in [2.05, 4.69) is 20.5 Å². The molecule has 122 valence electrons. The van der Waals surface area contributed by atoms with Crippen molar-refractivity contribution in [3.63, 3.8) is 0 Å². The topological polar surface area (TPSA) is 88.1 Å². The first-order valence-electron chi connectivity index (χ1n) is 7.40. The first kappa shape index (κ1) is 15.7. The second-order valence-corrected chi connectivity index (χ2v) is 7.97. The van der Waals surface area contributed by atoms with Gasteiger partial charge in [0.15, 0.2) is 15.7 Å². The molecule has 2 aromatic rings. The zero-order valence-electron chi connectivity index (χ0n) is 13.1. The Morgan fingerprint density at radius 3 is 2.78 bits per heavy atom. The van der Waals surface area contributed by atoms with E-state index in [0.29, 0.717) is 18.2 Å². The van der Waals surface area contributed by atoms with Crippen molar-refractivity contribution in [2.75, 3.05) is 28.8 Å². The highest BCUT2D eigenvalue weighted by Gasteiger charge is 2.31. The fourth-order valence-electron chi connectivity index (χ4n) is 2.62. The van der Waals surface area contributed by atoms with Gasteiger partial charge in [-0.25, -0.2) is 8.42 Å². The van der Waals surface area contributed by atoms with Gasteiger partial charge < -0.3 is 10.2 Å². The maximum atomic E-state index is 11.6. The van der Waals surface area contributed by atoms with Crippen LogP contribution in [0, 0.1) is 6.92 Å². The average Bonchev–Trinajstić information content (AvgIpc) is 2.89. The van der Waals surface area contributed by atoms with Gasteiger partial charge in [-0.2, -0.15) is 10.1 Å². The lowest BCUT2D eigenvalue weighted by Gasteiger charge is -2.24. The molecule has 0 saturated carbocycles. The van der Waals surface area contributed by atoms with Gasteiger partial charge in [0, 0.05) is 18.8 Å². The van der Waals surface area contributed by atoms with Crippen LogP contribution in [0.15, 0.2) is 30.5 Å². The van der Waals surface area contributed by atoms with Crippen molar-refractivity contribution in [1.82, 2.24) is 15.2 Å². The Labute approximate surface area is 135 Å². The molecule has 1 unspecified atom stereocenters. The van der Waals surface area contributed by atoms with Crippen molar-refractivity contribution in [1.29, 1.82) is 0 Å². The number of nitrogens with one attached hydrogen (secondary N) is 1. The molecule has 8 heteroatoms. The van der Waals surface area contributed by atoms with E-state index in [-0.39, 0.29) is 17.5 Å².